The third-order valence-corrected chi connectivity index (χ3v) is 3.62. The SMILES string of the molecule is CNCC(=O)Nc1cccc(C(=O)N2CCCCCC2)c1. The highest BCUT2D eigenvalue weighted by Gasteiger charge is 2.17. The molecule has 1 aromatic carbocycles. The summed E-state index contributed by atoms with van der Waals surface area (Å²) in [6, 6.07) is 7.16. The van der Waals surface area contributed by atoms with Gasteiger partial charge in [-0.25, -0.2) is 0 Å². The van der Waals surface area contributed by atoms with Gasteiger partial charge < -0.3 is 15.5 Å². The van der Waals surface area contributed by atoms with E-state index in [-0.39, 0.29) is 18.4 Å². The van der Waals surface area contributed by atoms with E-state index < -0.39 is 0 Å². The average molecular weight is 289 g/mol. The van der Waals surface area contributed by atoms with E-state index >= 15 is 0 Å². The van der Waals surface area contributed by atoms with E-state index in [0.717, 1.165) is 25.9 Å². The van der Waals surface area contributed by atoms with Gasteiger partial charge in [0.25, 0.3) is 5.91 Å². The third kappa shape index (κ3) is 4.56. The molecule has 0 spiro atoms. The maximum Gasteiger partial charge on any atom is 0.253 e. The normalized spacial score (nSPS) is 15.4. The lowest BCUT2D eigenvalue weighted by Crippen LogP contribution is -2.32. The molecular formula is C16H23N3O2. The summed E-state index contributed by atoms with van der Waals surface area (Å²) in [6.45, 7) is 1.91. The van der Waals surface area contributed by atoms with Crippen LogP contribution >= 0.6 is 0 Å². The van der Waals surface area contributed by atoms with Gasteiger partial charge in [0.2, 0.25) is 5.91 Å². The molecule has 0 aromatic heterocycles. The first-order valence-electron chi connectivity index (χ1n) is 7.54. The Bertz CT molecular complexity index is 494. The van der Waals surface area contributed by atoms with E-state index in [1.165, 1.54) is 12.8 Å². The number of carbonyl (C=O) groups excluding carboxylic acids is 2. The molecule has 0 unspecified atom stereocenters. The molecule has 114 valence electrons. The highest BCUT2D eigenvalue weighted by molar-refractivity contribution is 5.97. The van der Waals surface area contributed by atoms with Crippen LogP contribution in [0, 0.1) is 0 Å². The van der Waals surface area contributed by atoms with Crippen LogP contribution in [0.25, 0.3) is 0 Å². The molecule has 21 heavy (non-hydrogen) atoms. The molecule has 5 nitrogen and oxygen atoms in total. The Balaban J connectivity index is 2.05. The van der Waals surface area contributed by atoms with Gasteiger partial charge in [-0.1, -0.05) is 18.9 Å². The van der Waals surface area contributed by atoms with Gasteiger partial charge in [-0.05, 0) is 38.1 Å². The molecule has 1 aliphatic heterocycles. The molecule has 0 aliphatic carbocycles. The molecule has 0 atom stereocenters. The van der Waals surface area contributed by atoms with Gasteiger partial charge in [-0.15, -0.1) is 0 Å². The lowest BCUT2D eigenvalue weighted by molar-refractivity contribution is -0.115. The summed E-state index contributed by atoms with van der Waals surface area (Å²) in [5.41, 5.74) is 1.30. The molecule has 1 saturated heterocycles. The molecule has 0 radical (unpaired) electrons. The van der Waals surface area contributed by atoms with Crippen LogP contribution in [-0.2, 0) is 4.79 Å². The smallest absolute Gasteiger partial charge is 0.253 e. The van der Waals surface area contributed by atoms with Crippen molar-refractivity contribution in [1.29, 1.82) is 0 Å². The minimum absolute atomic E-state index is 0.0571. The van der Waals surface area contributed by atoms with Crippen molar-refractivity contribution < 1.29 is 9.59 Å². The van der Waals surface area contributed by atoms with Crippen molar-refractivity contribution in [3.8, 4) is 0 Å². The summed E-state index contributed by atoms with van der Waals surface area (Å²) in [7, 11) is 1.72. The second kappa shape index (κ2) is 7.78. The Kier molecular flexibility index (Phi) is 5.75. The Labute approximate surface area is 125 Å². The van der Waals surface area contributed by atoms with Gasteiger partial charge >= 0.3 is 0 Å². The van der Waals surface area contributed by atoms with E-state index in [1.807, 2.05) is 4.90 Å². The number of likely N-dealkylation sites (N-methyl/N-ethyl adjacent to an activating group) is 1. The fraction of sp³-hybridized carbons (Fsp3) is 0.500. The molecular weight excluding hydrogens is 266 g/mol. The number of anilines is 1. The number of likely N-dealkylation sites (tertiary alicyclic amines) is 1. The zero-order valence-electron chi connectivity index (χ0n) is 12.5. The molecule has 5 heteroatoms. The standard InChI is InChI=1S/C16H23N3O2/c1-17-12-15(20)18-14-8-6-7-13(11-14)16(21)19-9-4-2-3-5-10-19/h6-8,11,17H,2-5,9-10,12H2,1H3,(H,18,20). The van der Waals surface area contributed by atoms with Crippen molar-refractivity contribution in [3.63, 3.8) is 0 Å². The van der Waals surface area contributed by atoms with Gasteiger partial charge in [0.1, 0.15) is 0 Å². The minimum atomic E-state index is -0.114. The summed E-state index contributed by atoms with van der Waals surface area (Å²) >= 11 is 0. The molecule has 2 amide bonds. The van der Waals surface area contributed by atoms with E-state index in [4.69, 9.17) is 0 Å². The molecule has 1 aliphatic rings. The van der Waals surface area contributed by atoms with E-state index in [9.17, 15) is 9.59 Å². The average Bonchev–Trinajstić information content (AvgIpc) is 2.76. The predicted molar refractivity (Wildman–Crippen MR) is 83.4 cm³/mol. The summed E-state index contributed by atoms with van der Waals surface area (Å²) < 4.78 is 0. The maximum absolute atomic E-state index is 12.5. The number of rotatable bonds is 4. The number of carbonyl (C=O) groups is 2. The van der Waals surface area contributed by atoms with Crippen LogP contribution in [-0.4, -0.2) is 43.4 Å². The first kappa shape index (κ1) is 15.5. The van der Waals surface area contributed by atoms with Crippen LogP contribution in [0.5, 0.6) is 0 Å². The number of hydrogen-bond acceptors (Lipinski definition) is 3. The largest absolute Gasteiger partial charge is 0.339 e. The molecule has 1 aromatic rings. The van der Waals surface area contributed by atoms with Crippen LogP contribution in [0.3, 0.4) is 0 Å². The number of benzene rings is 1. The fourth-order valence-corrected chi connectivity index (χ4v) is 2.55. The first-order chi connectivity index (χ1) is 10.2. The van der Waals surface area contributed by atoms with Gasteiger partial charge in [-0.2, -0.15) is 0 Å². The molecule has 0 saturated carbocycles. The van der Waals surface area contributed by atoms with Crippen molar-refractivity contribution in [2.24, 2.45) is 0 Å². The zero-order valence-corrected chi connectivity index (χ0v) is 12.5. The topological polar surface area (TPSA) is 61.4 Å². The van der Waals surface area contributed by atoms with Crippen LogP contribution in [0.2, 0.25) is 0 Å². The van der Waals surface area contributed by atoms with Crippen LogP contribution < -0.4 is 10.6 Å². The predicted octanol–water partition coefficient (Wildman–Crippen LogP) is 1.86. The number of amides is 2. The van der Waals surface area contributed by atoms with Crippen LogP contribution in [0.1, 0.15) is 36.0 Å². The Morgan fingerprint density at radius 2 is 1.86 bits per heavy atom. The molecule has 0 bridgehead atoms. The second-order valence-corrected chi connectivity index (χ2v) is 5.37. The highest BCUT2D eigenvalue weighted by atomic mass is 16.2. The summed E-state index contributed by atoms with van der Waals surface area (Å²) in [5, 5.41) is 5.58. The Morgan fingerprint density at radius 1 is 1.14 bits per heavy atom. The van der Waals surface area contributed by atoms with E-state index in [1.54, 1.807) is 31.3 Å². The second-order valence-electron chi connectivity index (χ2n) is 5.37. The van der Waals surface area contributed by atoms with Gasteiger partial charge in [-0.3, -0.25) is 9.59 Å². The summed E-state index contributed by atoms with van der Waals surface area (Å²) in [4.78, 5) is 26.0. The fourth-order valence-electron chi connectivity index (χ4n) is 2.55. The molecule has 2 N–H and O–H groups in total. The molecule has 2 rings (SSSR count). The lowest BCUT2D eigenvalue weighted by atomic mass is 10.1. The van der Waals surface area contributed by atoms with Crippen LogP contribution in [0.4, 0.5) is 5.69 Å². The molecule has 1 heterocycles. The van der Waals surface area contributed by atoms with E-state index in [0.29, 0.717) is 11.3 Å². The van der Waals surface area contributed by atoms with Crippen molar-refractivity contribution in [3.05, 3.63) is 29.8 Å². The van der Waals surface area contributed by atoms with E-state index in [2.05, 4.69) is 10.6 Å². The zero-order chi connectivity index (χ0) is 15.1. The van der Waals surface area contributed by atoms with Gasteiger partial charge in [0, 0.05) is 24.3 Å². The highest BCUT2D eigenvalue weighted by Crippen LogP contribution is 2.16. The summed E-state index contributed by atoms with van der Waals surface area (Å²) in [6.07, 6.45) is 4.54. The number of nitrogens with one attached hydrogen (secondary N) is 2. The number of hydrogen-bond donors (Lipinski definition) is 2. The quantitative estimate of drug-likeness (QED) is 0.889. The third-order valence-electron chi connectivity index (χ3n) is 3.62. The van der Waals surface area contributed by atoms with Crippen molar-refractivity contribution in [2.45, 2.75) is 25.7 Å². The minimum Gasteiger partial charge on any atom is -0.339 e. The monoisotopic (exact) mass is 289 g/mol. The number of nitrogens with zero attached hydrogens (tertiary/aromatic N) is 1. The van der Waals surface area contributed by atoms with Crippen molar-refractivity contribution in [1.82, 2.24) is 10.2 Å². The molecule has 1 fully saturated rings. The maximum atomic E-state index is 12.5. The van der Waals surface area contributed by atoms with Crippen molar-refractivity contribution in [2.75, 3.05) is 32.0 Å². The van der Waals surface area contributed by atoms with Gasteiger partial charge in [0.05, 0.1) is 6.54 Å². The lowest BCUT2D eigenvalue weighted by Gasteiger charge is -2.20. The summed E-state index contributed by atoms with van der Waals surface area (Å²) in [5.74, 6) is -0.0570. The first-order valence-corrected chi connectivity index (χ1v) is 7.54. The van der Waals surface area contributed by atoms with Crippen molar-refractivity contribution >= 4 is 17.5 Å². The van der Waals surface area contributed by atoms with Gasteiger partial charge in [0.15, 0.2) is 0 Å². The Hall–Kier alpha value is -1.88. The van der Waals surface area contributed by atoms with Crippen LogP contribution in [0.15, 0.2) is 24.3 Å². The Morgan fingerprint density at radius 3 is 2.52 bits per heavy atom.